The van der Waals surface area contributed by atoms with Gasteiger partial charge in [0, 0.05) is 0 Å². The Morgan fingerprint density at radius 2 is 1.68 bits per heavy atom. The van der Waals surface area contributed by atoms with Crippen molar-refractivity contribution in [3.05, 3.63) is 26.3 Å². The van der Waals surface area contributed by atoms with Crippen LogP contribution in [0, 0.1) is 27.7 Å². The molecule has 0 saturated heterocycles. The van der Waals surface area contributed by atoms with E-state index in [9.17, 15) is 4.79 Å². The summed E-state index contributed by atoms with van der Waals surface area (Å²) in [6.07, 6.45) is 0. The van der Waals surface area contributed by atoms with Crippen LogP contribution in [0.25, 0.3) is 10.8 Å². The lowest BCUT2D eigenvalue weighted by atomic mass is 10.4. The summed E-state index contributed by atoms with van der Waals surface area (Å²) < 4.78 is 5.50. The van der Waals surface area contributed by atoms with Crippen LogP contribution < -0.4 is 5.32 Å². The Balaban J connectivity index is 1.81. The first kappa shape index (κ1) is 14.8. The minimum Gasteiger partial charge on any atom is -0.402 e. The first-order valence-corrected chi connectivity index (χ1v) is 8.10. The molecule has 0 atom stereocenters. The third-order valence-corrected chi connectivity index (χ3v) is 4.99. The molecule has 114 valence electrons. The zero-order valence-electron chi connectivity index (χ0n) is 12.4. The maximum atomic E-state index is 12.2. The zero-order chi connectivity index (χ0) is 15.9. The lowest BCUT2D eigenvalue weighted by molar-refractivity contribution is 0.102. The molecule has 0 unspecified atom stereocenters. The van der Waals surface area contributed by atoms with Crippen molar-refractivity contribution in [2.75, 3.05) is 5.32 Å². The van der Waals surface area contributed by atoms with Crippen molar-refractivity contribution in [3.8, 4) is 10.8 Å². The maximum absolute atomic E-state index is 12.2. The van der Waals surface area contributed by atoms with E-state index in [1.165, 1.54) is 22.7 Å². The van der Waals surface area contributed by atoms with E-state index >= 15 is 0 Å². The Kier molecular flexibility index (Phi) is 3.75. The summed E-state index contributed by atoms with van der Waals surface area (Å²) in [5.74, 6) is 0.0612. The van der Waals surface area contributed by atoms with Crippen LogP contribution in [-0.2, 0) is 0 Å². The number of rotatable bonds is 3. The van der Waals surface area contributed by atoms with Gasteiger partial charge in [-0.3, -0.25) is 10.1 Å². The summed E-state index contributed by atoms with van der Waals surface area (Å²) in [4.78, 5) is 22.1. The van der Waals surface area contributed by atoms with E-state index in [0.717, 1.165) is 20.6 Å². The number of carbonyl (C=O) groups excluding carboxylic acids is 1. The first-order valence-electron chi connectivity index (χ1n) is 6.47. The normalized spacial score (nSPS) is 10.9. The van der Waals surface area contributed by atoms with Crippen LogP contribution in [0.3, 0.4) is 0 Å². The molecule has 1 amide bonds. The molecule has 0 aliphatic heterocycles. The SMILES string of the molecule is Cc1nc(C)c(C(=O)Nc2nnc(-c3sc(C)nc3C)o2)s1. The van der Waals surface area contributed by atoms with Crippen LogP contribution in [0.5, 0.6) is 0 Å². The van der Waals surface area contributed by atoms with Gasteiger partial charge in [-0.05, 0) is 27.7 Å². The highest BCUT2D eigenvalue weighted by molar-refractivity contribution is 7.15. The summed E-state index contributed by atoms with van der Waals surface area (Å²) in [6, 6.07) is 0.0657. The van der Waals surface area contributed by atoms with Crippen LogP contribution in [0.2, 0.25) is 0 Å². The number of carbonyl (C=O) groups is 1. The minimum absolute atomic E-state index is 0.0657. The molecule has 0 bridgehead atoms. The Morgan fingerprint density at radius 3 is 2.27 bits per heavy atom. The van der Waals surface area contributed by atoms with Gasteiger partial charge in [-0.1, -0.05) is 5.10 Å². The highest BCUT2D eigenvalue weighted by Gasteiger charge is 2.19. The smallest absolute Gasteiger partial charge is 0.322 e. The molecule has 0 spiro atoms. The topological polar surface area (TPSA) is 93.8 Å². The number of anilines is 1. The number of amides is 1. The number of aromatic nitrogens is 4. The summed E-state index contributed by atoms with van der Waals surface area (Å²) in [5.41, 5.74) is 1.52. The van der Waals surface area contributed by atoms with E-state index in [1.807, 2.05) is 20.8 Å². The summed E-state index contributed by atoms with van der Waals surface area (Å²) in [7, 11) is 0. The molecule has 3 heterocycles. The van der Waals surface area contributed by atoms with Gasteiger partial charge in [0.1, 0.15) is 9.75 Å². The molecule has 3 aromatic rings. The number of aryl methyl sites for hydroxylation is 4. The molecule has 3 rings (SSSR count). The van der Waals surface area contributed by atoms with Crippen molar-refractivity contribution < 1.29 is 9.21 Å². The average molecular weight is 335 g/mol. The predicted octanol–water partition coefficient (Wildman–Crippen LogP) is 3.14. The van der Waals surface area contributed by atoms with Gasteiger partial charge in [-0.15, -0.1) is 27.8 Å². The zero-order valence-corrected chi connectivity index (χ0v) is 14.1. The van der Waals surface area contributed by atoms with Crippen molar-refractivity contribution in [1.29, 1.82) is 0 Å². The highest BCUT2D eigenvalue weighted by atomic mass is 32.1. The predicted molar refractivity (Wildman–Crippen MR) is 84.4 cm³/mol. The lowest BCUT2D eigenvalue weighted by Gasteiger charge is -1.97. The molecular weight excluding hydrogens is 322 g/mol. The minimum atomic E-state index is -0.296. The van der Waals surface area contributed by atoms with Gasteiger partial charge in [0.05, 0.1) is 21.4 Å². The standard InChI is InChI=1S/C13H13N5O2S2/c1-5-9(21-7(3)14-5)11(19)16-13-18-17-12(20-13)10-6(2)15-8(4)22-10/h1-4H3,(H,16,18,19). The van der Waals surface area contributed by atoms with E-state index in [-0.39, 0.29) is 11.9 Å². The molecular formula is C13H13N5O2S2. The van der Waals surface area contributed by atoms with Gasteiger partial charge in [0.2, 0.25) is 0 Å². The summed E-state index contributed by atoms with van der Waals surface area (Å²) in [5, 5.41) is 12.2. The Bertz CT molecular complexity index is 849. The number of nitrogens with one attached hydrogen (secondary N) is 1. The van der Waals surface area contributed by atoms with E-state index in [4.69, 9.17) is 4.42 Å². The fourth-order valence-corrected chi connectivity index (χ4v) is 3.65. The third kappa shape index (κ3) is 2.77. The van der Waals surface area contributed by atoms with Crippen LogP contribution >= 0.6 is 22.7 Å². The second-order valence-corrected chi connectivity index (χ2v) is 7.07. The number of thiazole rings is 2. The first-order chi connectivity index (χ1) is 10.4. The molecule has 22 heavy (non-hydrogen) atoms. The highest BCUT2D eigenvalue weighted by Crippen LogP contribution is 2.29. The monoisotopic (exact) mass is 335 g/mol. The molecule has 0 aliphatic rings. The fourth-order valence-electron chi connectivity index (χ4n) is 1.99. The van der Waals surface area contributed by atoms with Crippen molar-refractivity contribution >= 4 is 34.6 Å². The molecule has 0 saturated carbocycles. The molecule has 0 aliphatic carbocycles. The van der Waals surface area contributed by atoms with Gasteiger partial charge < -0.3 is 4.42 Å². The summed E-state index contributed by atoms with van der Waals surface area (Å²) >= 11 is 2.80. The molecule has 0 aromatic carbocycles. The van der Waals surface area contributed by atoms with Gasteiger partial charge in [-0.2, -0.15) is 0 Å². The van der Waals surface area contributed by atoms with Crippen LogP contribution in [0.1, 0.15) is 31.1 Å². The molecule has 9 heteroatoms. The molecule has 1 N–H and O–H groups in total. The molecule has 7 nitrogen and oxygen atoms in total. The van der Waals surface area contributed by atoms with Gasteiger partial charge in [-0.25, -0.2) is 9.97 Å². The number of hydrogen-bond acceptors (Lipinski definition) is 8. The van der Waals surface area contributed by atoms with E-state index in [0.29, 0.717) is 16.5 Å². The van der Waals surface area contributed by atoms with Crippen LogP contribution in [0.15, 0.2) is 4.42 Å². The number of hydrogen-bond donors (Lipinski definition) is 1. The molecule has 0 radical (unpaired) electrons. The van der Waals surface area contributed by atoms with E-state index in [1.54, 1.807) is 6.92 Å². The molecule has 3 aromatic heterocycles. The van der Waals surface area contributed by atoms with Crippen molar-refractivity contribution in [3.63, 3.8) is 0 Å². The Labute approximate surface area is 134 Å². The van der Waals surface area contributed by atoms with Gasteiger partial charge in [0.25, 0.3) is 11.8 Å². The largest absolute Gasteiger partial charge is 0.402 e. The van der Waals surface area contributed by atoms with E-state index in [2.05, 4.69) is 25.5 Å². The number of nitrogens with zero attached hydrogens (tertiary/aromatic N) is 4. The van der Waals surface area contributed by atoms with Gasteiger partial charge in [0.15, 0.2) is 0 Å². The van der Waals surface area contributed by atoms with Crippen LogP contribution in [0.4, 0.5) is 6.01 Å². The van der Waals surface area contributed by atoms with Crippen molar-refractivity contribution in [2.24, 2.45) is 0 Å². The maximum Gasteiger partial charge on any atom is 0.322 e. The van der Waals surface area contributed by atoms with Crippen LogP contribution in [-0.4, -0.2) is 26.1 Å². The van der Waals surface area contributed by atoms with Crippen molar-refractivity contribution in [2.45, 2.75) is 27.7 Å². The van der Waals surface area contributed by atoms with Crippen molar-refractivity contribution in [1.82, 2.24) is 20.2 Å². The summed E-state index contributed by atoms with van der Waals surface area (Å²) in [6.45, 7) is 7.44. The quantitative estimate of drug-likeness (QED) is 0.790. The lowest BCUT2D eigenvalue weighted by Crippen LogP contribution is -2.11. The Hall–Kier alpha value is -2.13. The van der Waals surface area contributed by atoms with E-state index < -0.39 is 0 Å². The van der Waals surface area contributed by atoms with Gasteiger partial charge >= 0.3 is 6.01 Å². The molecule has 0 fully saturated rings. The third-order valence-electron chi connectivity index (χ3n) is 2.85. The second kappa shape index (κ2) is 5.58. The fraction of sp³-hybridized carbons (Fsp3) is 0.308. The second-order valence-electron chi connectivity index (χ2n) is 4.66. The average Bonchev–Trinajstić information content (AvgIpc) is 3.10. The Morgan fingerprint density at radius 1 is 1.00 bits per heavy atom.